The van der Waals surface area contributed by atoms with Crippen LogP contribution in [-0.4, -0.2) is 39.4 Å². The van der Waals surface area contributed by atoms with Gasteiger partial charge in [-0.1, -0.05) is 12.1 Å². The van der Waals surface area contributed by atoms with Crippen LogP contribution in [0.3, 0.4) is 0 Å². The van der Waals surface area contributed by atoms with E-state index in [4.69, 9.17) is 15.2 Å². The molecule has 0 unspecified atom stereocenters. The van der Waals surface area contributed by atoms with Gasteiger partial charge in [0.2, 0.25) is 5.91 Å². The Labute approximate surface area is 119 Å². The lowest BCUT2D eigenvalue weighted by Crippen LogP contribution is -2.28. The Morgan fingerprint density at radius 1 is 1.21 bits per heavy atom. The molecule has 0 saturated carbocycles. The third kappa shape index (κ3) is 8.42. The van der Waals surface area contributed by atoms with Crippen LogP contribution in [0.2, 0.25) is 0 Å². The third-order valence-corrected chi connectivity index (χ3v) is 2.34. The zero-order valence-electron chi connectivity index (χ0n) is 11.1. The first kappa shape index (κ1) is 17.7. The average Bonchev–Trinajstić information content (AvgIpc) is 2.36. The maximum Gasteiger partial charge on any atom is 0.224 e. The summed E-state index contributed by atoms with van der Waals surface area (Å²) in [7, 11) is 1.62. The van der Waals surface area contributed by atoms with E-state index in [2.05, 4.69) is 5.32 Å². The van der Waals surface area contributed by atoms with Crippen LogP contribution >= 0.6 is 12.4 Å². The third-order valence-electron chi connectivity index (χ3n) is 2.34. The molecule has 19 heavy (non-hydrogen) atoms. The number of rotatable bonds is 8. The summed E-state index contributed by atoms with van der Waals surface area (Å²) in [5, 5.41) is 2.79. The lowest BCUT2D eigenvalue weighted by molar-refractivity contribution is -0.120. The Kier molecular flexibility index (Phi) is 9.88. The van der Waals surface area contributed by atoms with Crippen molar-refractivity contribution in [1.82, 2.24) is 5.32 Å². The second-order valence-electron chi connectivity index (χ2n) is 3.87. The fourth-order valence-corrected chi connectivity index (χ4v) is 1.39. The van der Waals surface area contributed by atoms with E-state index in [1.165, 1.54) is 0 Å². The zero-order valence-corrected chi connectivity index (χ0v) is 11.9. The normalized spacial score (nSPS) is 9.74. The maximum atomic E-state index is 11.6. The van der Waals surface area contributed by atoms with Gasteiger partial charge in [0.05, 0.1) is 26.2 Å². The number of hydrogen-bond donors (Lipinski definition) is 2. The summed E-state index contributed by atoms with van der Waals surface area (Å²) in [6.45, 7) is 2.12. The standard InChI is InChI=1S/C13H20N2O3.ClH/c1-17-8-9-18-7-6-15-13(16)10-11-2-4-12(14)5-3-11;/h2-5H,6-10,14H2,1H3,(H,15,16);1H. The molecule has 0 aliphatic carbocycles. The van der Waals surface area contributed by atoms with Gasteiger partial charge in [-0.05, 0) is 17.7 Å². The van der Waals surface area contributed by atoms with Gasteiger partial charge in [0.1, 0.15) is 0 Å². The summed E-state index contributed by atoms with van der Waals surface area (Å²) >= 11 is 0. The van der Waals surface area contributed by atoms with Crippen LogP contribution in [0.25, 0.3) is 0 Å². The number of ether oxygens (including phenoxy) is 2. The molecular formula is C13H21ClN2O3. The smallest absolute Gasteiger partial charge is 0.224 e. The molecule has 1 aromatic rings. The SMILES string of the molecule is COCCOCCNC(=O)Cc1ccc(N)cc1.Cl. The number of amides is 1. The number of nitrogens with two attached hydrogens (primary N) is 1. The molecule has 0 heterocycles. The van der Waals surface area contributed by atoms with Gasteiger partial charge < -0.3 is 20.5 Å². The van der Waals surface area contributed by atoms with Crippen molar-refractivity contribution in [3.8, 4) is 0 Å². The second kappa shape index (κ2) is 10.6. The Bertz CT molecular complexity index is 357. The molecule has 0 aliphatic rings. The molecule has 0 spiro atoms. The highest BCUT2D eigenvalue weighted by atomic mass is 35.5. The number of nitrogens with one attached hydrogen (secondary N) is 1. The van der Waals surface area contributed by atoms with Crippen LogP contribution < -0.4 is 11.1 Å². The van der Waals surface area contributed by atoms with E-state index in [0.29, 0.717) is 38.5 Å². The monoisotopic (exact) mass is 288 g/mol. The number of anilines is 1. The summed E-state index contributed by atoms with van der Waals surface area (Å²) in [6, 6.07) is 7.28. The van der Waals surface area contributed by atoms with Crippen molar-refractivity contribution in [2.75, 3.05) is 39.2 Å². The van der Waals surface area contributed by atoms with Crippen LogP contribution in [0.1, 0.15) is 5.56 Å². The minimum absolute atomic E-state index is 0. The minimum Gasteiger partial charge on any atom is -0.399 e. The zero-order chi connectivity index (χ0) is 13.2. The highest BCUT2D eigenvalue weighted by Crippen LogP contribution is 2.05. The predicted octanol–water partition coefficient (Wildman–Crippen LogP) is 1.01. The first-order valence-electron chi connectivity index (χ1n) is 5.90. The fraction of sp³-hybridized carbons (Fsp3) is 0.462. The Morgan fingerprint density at radius 3 is 2.53 bits per heavy atom. The van der Waals surface area contributed by atoms with Gasteiger partial charge >= 0.3 is 0 Å². The summed E-state index contributed by atoms with van der Waals surface area (Å²) in [5.74, 6) is -0.0184. The molecule has 0 radical (unpaired) electrons. The second-order valence-corrected chi connectivity index (χ2v) is 3.87. The largest absolute Gasteiger partial charge is 0.399 e. The first-order chi connectivity index (χ1) is 8.72. The Hall–Kier alpha value is -1.30. The van der Waals surface area contributed by atoms with Gasteiger partial charge in [-0.3, -0.25) is 4.79 Å². The van der Waals surface area contributed by atoms with Crippen molar-refractivity contribution in [3.05, 3.63) is 29.8 Å². The number of carbonyl (C=O) groups excluding carboxylic acids is 1. The van der Waals surface area contributed by atoms with E-state index in [1.54, 1.807) is 19.2 Å². The molecule has 5 nitrogen and oxygen atoms in total. The van der Waals surface area contributed by atoms with Crippen molar-refractivity contribution in [2.45, 2.75) is 6.42 Å². The molecule has 6 heteroatoms. The van der Waals surface area contributed by atoms with Gasteiger partial charge in [0, 0.05) is 19.3 Å². The van der Waals surface area contributed by atoms with Crippen molar-refractivity contribution in [2.24, 2.45) is 0 Å². The van der Waals surface area contributed by atoms with Crippen molar-refractivity contribution in [1.29, 1.82) is 0 Å². The highest BCUT2D eigenvalue weighted by Gasteiger charge is 2.02. The Balaban J connectivity index is 0.00000324. The number of hydrogen-bond acceptors (Lipinski definition) is 4. The van der Waals surface area contributed by atoms with Crippen LogP contribution in [0.5, 0.6) is 0 Å². The van der Waals surface area contributed by atoms with Gasteiger partial charge in [0.15, 0.2) is 0 Å². The fourth-order valence-electron chi connectivity index (χ4n) is 1.39. The molecular weight excluding hydrogens is 268 g/mol. The first-order valence-corrected chi connectivity index (χ1v) is 5.90. The molecule has 0 fully saturated rings. The van der Waals surface area contributed by atoms with Crippen molar-refractivity contribution < 1.29 is 14.3 Å². The molecule has 1 rings (SSSR count). The summed E-state index contributed by atoms with van der Waals surface area (Å²) in [6.07, 6.45) is 0.359. The molecule has 0 aromatic heterocycles. The summed E-state index contributed by atoms with van der Waals surface area (Å²) in [5.41, 5.74) is 7.21. The van der Waals surface area contributed by atoms with Gasteiger partial charge in [-0.2, -0.15) is 0 Å². The van der Waals surface area contributed by atoms with Crippen LogP contribution in [0, 0.1) is 0 Å². The number of halogens is 1. The number of benzene rings is 1. The molecule has 0 bridgehead atoms. The van der Waals surface area contributed by atoms with E-state index in [-0.39, 0.29) is 18.3 Å². The minimum atomic E-state index is -0.0184. The van der Waals surface area contributed by atoms with E-state index in [0.717, 1.165) is 5.56 Å². The molecule has 0 saturated heterocycles. The average molecular weight is 289 g/mol. The molecule has 1 aromatic carbocycles. The number of nitrogen functional groups attached to an aromatic ring is 1. The van der Waals surface area contributed by atoms with E-state index >= 15 is 0 Å². The molecule has 3 N–H and O–H groups in total. The van der Waals surface area contributed by atoms with Crippen LogP contribution in [-0.2, 0) is 20.7 Å². The van der Waals surface area contributed by atoms with Gasteiger partial charge in [-0.15, -0.1) is 12.4 Å². The lowest BCUT2D eigenvalue weighted by atomic mass is 10.1. The van der Waals surface area contributed by atoms with Crippen LogP contribution in [0.4, 0.5) is 5.69 Å². The molecule has 0 aliphatic heterocycles. The molecule has 0 atom stereocenters. The number of methoxy groups -OCH3 is 1. The Morgan fingerprint density at radius 2 is 1.89 bits per heavy atom. The predicted molar refractivity (Wildman–Crippen MR) is 77.5 cm³/mol. The molecule has 1 amide bonds. The topological polar surface area (TPSA) is 73.6 Å². The van der Waals surface area contributed by atoms with Crippen molar-refractivity contribution >= 4 is 24.0 Å². The highest BCUT2D eigenvalue weighted by molar-refractivity contribution is 5.85. The van der Waals surface area contributed by atoms with E-state index in [9.17, 15) is 4.79 Å². The number of carbonyl (C=O) groups is 1. The van der Waals surface area contributed by atoms with Gasteiger partial charge in [-0.25, -0.2) is 0 Å². The van der Waals surface area contributed by atoms with Gasteiger partial charge in [0.25, 0.3) is 0 Å². The summed E-state index contributed by atoms with van der Waals surface area (Å²) in [4.78, 5) is 11.6. The molecule has 108 valence electrons. The quantitative estimate of drug-likeness (QED) is 0.553. The van der Waals surface area contributed by atoms with E-state index < -0.39 is 0 Å². The summed E-state index contributed by atoms with van der Waals surface area (Å²) < 4.78 is 10.1. The lowest BCUT2D eigenvalue weighted by Gasteiger charge is -2.06. The van der Waals surface area contributed by atoms with Crippen molar-refractivity contribution in [3.63, 3.8) is 0 Å². The maximum absolute atomic E-state index is 11.6. The van der Waals surface area contributed by atoms with E-state index in [1.807, 2.05) is 12.1 Å². The van der Waals surface area contributed by atoms with Crippen LogP contribution in [0.15, 0.2) is 24.3 Å².